The maximum Gasteiger partial charge on any atom is 0.531 e. The van der Waals surface area contributed by atoms with Gasteiger partial charge in [0.1, 0.15) is 17.5 Å². The van der Waals surface area contributed by atoms with Gasteiger partial charge < -0.3 is 4.52 Å². The number of hydrogen-bond acceptors (Lipinski definition) is 4. The Labute approximate surface area is 84.2 Å². The number of hydrogen-bond donors (Lipinski definition) is 0. The second-order valence-corrected chi connectivity index (χ2v) is 5.55. The standard InChI is InChI=1S/C9H15O4P/c1-6-7-11-14(10)12-8(2,3)9(4,5)13-14/h7H,1H2,2-5H3. The van der Waals surface area contributed by atoms with Crippen molar-refractivity contribution in [2.24, 2.45) is 0 Å². The molecular weight excluding hydrogens is 203 g/mol. The largest absolute Gasteiger partial charge is 0.531 e. The molecule has 1 aliphatic rings. The Kier molecular flexibility index (Phi) is 2.68. The second-order valence-electron chi connectivity index (χ2n) is 4.08. The zero-order chi connectivity index (χ0) is 11.0. The van der Waals surface area contributed by atoms with E-state index in [-0.39, 0.29) is 0 Å². The summed E-state index contributed by atoms with van der Waals surface area (Å²) in [6.07, 6.45) is 1.08. The van der Waals surface area contributed by atoms with Gasteiger partial charge in [-0.2, -0.15) is 0 Å². The minimum Gasteiger partial charge on any atom is -0.403 e. The van der Waals surface area contributed by atoms with Crippen LogP contribution in [0.3, 0.4) is 0 Å². The van der Waals surface area contributed by atoms with Gasteiger partial charge in [-0.3, -0.25) is 9.05 Å². The zero-order valence-electron chi connectivity index (χ0n) is 8.86. The van der Waals surface area contributed by atoms with E-state index in [1.807, 2.05) is 0 Å². The summed E-state index contributed by atoms with van der Waals surface area (Å²) in [5, 5.41) is 0. The molecule has 1 fully saturated rings. The Balaban J connectivity index is 2.91. The third-order valence-corrected chi connectivity index (χ3v) is 4.12. The van der Waals surface area contributed by atoms with Crippen molar-refractivity contribution in [1.29, 1.82) is 0 Å². The van der Waals surface area contributed by atoms with Crippen LogP contribution in [0.5, 0.6) is 0 Å². The summed E-state index contributed by atoms with van der Waals surface area (Å²) >= 11 is 0. The van der Waals surface area contributed by atoms with Crippen molar-refractivity contribution in [3.05, 3.63) is 18.6 Å². The lowest BCUT2D eigenvalue weighted by molar-refractivity contribution is 0.00578. The van der Waals surface area contributed by atoms with E-state index in [4.69, 9.17) is 13.6 Å². The number of phosphoric ester groups is 1. The topological polar surface area (TPSA) is 44.8 Å². The predicted molar refractivity (Wildman–Crippen MR) is 52.7 cm³/mol. The van der Waals surface area contributed by atoms with Crippen molar-refractivity contribution in [2.75, 3.05) is 0 Å². The van der Waals surface area contributed by atoms with Crippen LogP contribution in [-0.2, 0) is 18.1 Å². The lowest BCUT2D eigenvalue weighted by Gasteiger charge is -2.28. The van der Waals surface area contributed by atoms with Crippen LogP contribution in [0.2, 0.25) is 0 Å². The van der Waals surface area contributed by atoms with Gasteiger partial charge >= 0.3 is 7.82 Å². The van der Waals surface area contributed by atoms with Crippen molar-refractivity contribution >= 4 is 7.82 Å². The molecule has 80 valence electrons. The van der Waals surface area contributed by atoms with Gasteiger partial charge in [0.25, 0.3) is 0 Å². The molecule has 1 aliphatic heterocycles. The average Bonchev–Trinajstić information content (AvgIpc) is 2.13. The summed E-state index contributed by atoms with van der Waals surface area (Å²) < 4.78 is 27.2. The molecule has 0 unspecified atom stereocenters. The molecule has 1 heterocycles. The first kappa shape index (κ1) is 11.5. The lowest BCUT2D eigenvalue weighted by Crippen LogP contribution is -2.41. The van der Waals surface area contributed by atoms with Gasteiger partial charge in [-0.1, -0.05) is 12.3 Å². The summed E-state index contributed by atoms with van der Waals surface area (Å²) in [6, 6.07) is 0. The van der Waals surface area contributed by atoms with Gasteiger partial charge in [-0.05, 0) is 27.7 Å². The first-order chi connectivity index (χ1) is 6.22. The number of phosphoric acid groups is 1. The molecule has 4 nitrogen and oxygen atoms in total. The quantitative estimate of drug-likeness (QED) is 0.406. The van der Waals surface area contributed by atoms with E-state index in [1.165, 1.54) is 0 Å². The fourth-order valence-corrected chi connectivity index (χ4v) is 2.83. The molecule has 0 aromatic heterocycles. The maximum absolute atomic E-state index is 11.8. The summed E-state index contributed by atoms with van der Waals surface area (Å²) in [4.78, 5) is 0. The second kappa shape index (κ2) is 3.25. The van der Waals surface area contributed by atoms with E-state index in [9.17, 15) is 4.57 Å². The Morgan fingerprint density at radius 1 is 1.29 bits per heavy atom. The molecular formula is C9H15O4P. The van der Waals surface area contributed by atoms with Crippen molar-refractivity contribution in [3.63, 3.8) is 0 Å². The molecule has 0 aromatic rings. The Bertz CT molecular complexity index is 306. The third-order valence-electron chi connectivity index (χ3n) is 2.40. The van der Waals surface area contributed by atoms with Crippen molar-refractivity contribution in [3.8, 4) is 0 Å². The fraction of sp³-hybridized carbons (Fsp3) is 0.667. The molecule has 0 saturated carbocycles. The van der Waals surface area contributed by atoms with Crippen LogP contribution in [-0.4, -0.2) is 11.2 Å². The monoisotopic (exact) mass is 218 g/mol. The van der Waals surface area contributed by atoms with Crippen LogP contribution in [0.4, 0.5) is 0 Å². The Morgan fingerprint density at radius 2 is 1.71 bits per heavy atom. The molecule has 0 radical (unpaired) electrons. The van der Waals surface area contributed by atoms with Gasteiger partial charge in [0.05, 0.1) is 0 Å². The van der Waals surface area contributed by atoms with Gasteiger partial charge in [0, 0.05) is 0 Å². The normalized spacial score (nSPS) is 26.6. The minimum atomic E-state index is -3.49. The van der Waals surface area contributed by atoms with Crippen molar-refractivity contribution in [1.82, 2.24) is 0 Å². The van der Waals surface area contributed by atoms with Crippen LogP contribution in [0, 0.1) is 0 Å². The molecule has 1 saturated heterocycles. The first-order valence-electron chi connectivity index (χ1n) is 4.27. The highest BCUT2D eigenvalue weighted by Crippen LogP contribution is 2.64. The molecule has 14 heavy (non-hydrogen) atoms. The molecule has 0 aromatic carbocycles. The highest BCUT2D eigenvalue weighted by Gasteiger charge is 2.57. The van der Waals surface area contributed by atoms with E-state index in [2.05, 4.69) is 12.3 Å². The Hall–Kier alpha value is -0.530. The highest BCUT2D eigenvalue weighted by molar-refractivity contribution is 7.49. The molecule has 0 amide bonds. The molecule has 0 aliphatic carbocycles. The molecule has 0 atom stereocenters. The van der Waals surface area contributed by atoms with Gasteiger partial charge in [-0.15, -0.1) is 0 Å². The fourth-order valence-electron chi connectivity index (χ4n) is 0.942. The summed E-state index contributed by atoms with van der Waals surface area (Å²) in [7, 11) is -3.49. The Morgan fingerprint density at radius 3 is 2.07 bits per heavy atom. The molecule has 0 spiro atoms. The van der Waals surface area contributed by atoms with Crippen LogP contribution >= 0.6 is 7.82 Å². The van der Waals surface area contributed by atoms with Crippen LogP contribution in [0.25, 0.3) is 0 Å². The van der Waals surface area contributed by atoms with Crippen LogP contribution in [0.1, 0.15) is 27.7 Å². The minimum absolute atomic E-state index is 0.655. The average molecular weight is 218 g/mol. The summed E-state index contributed by atoms with van der Waals surface area (Å²) in [6.45, 7) is 10.5. The van der Waals surface area contributed by atoms with E-state index in [1.54, 1.807) is 27.7 Å². The van der Waals surface area contributed by atoms with Gasteiger partial charge in [-0.25, -0.2) is 4.57 Å². The SMILES string of the molecule is C=C=COP1(=O)OC(C)(C)C(C)(C)O1. The third kappa shape index (κ3) is 1.94. The zero-order valence-corrected chi connectivity index (χ0v) is 9.76. The van der Waals surface area contributed by atoms with Gasteiger partial charge in [0.2, 0.25) is 0 Å². The maximum atomic E-state index is 11.8. The summed E-state index contributed by atoms with van der Waals surface area (Å²) in [5.74, 6) is 0. The van der Waals surface area contributed by atoms with E-state index >= 15 is 0 Å². The molecule has 1 rings (SSSR count). The van der Waals surface area contributed by atoms with E-state index < -0.39 is 19.0 Å². The molecule has 0 N–H and O–H groups in total. The van der Waals surface area contributed by atoms with E-state index in [0.717, 1.165) is 6.26 Å². The van der Waals surface area contributed by atoms with E-state index in [0.29, 0.717) is 0 Å². The highest BCUT2D eigenvalue weighted by atomic mass is 31.2. The first-order valence-corrected chi connectivity index (χ1v) is 5.73. The summed E-state index contributed by atoms with van der Waals surface area (Å²) in [5.41, 5.74) is 1.03. The lowest BCUT2D eigenvalue weighted by atomic mass is 9.90. The van der Waals surface area contributed by atoms with Gasteiger partial charge in [0.15, 0.2) is 0 Å². The van der Waals surface area contributed by atoms with Crippen molar-refractivity contribution in [2.45, 2.75) is 38.9 Å². The van der Waals surface area contributed by atoms with Crippen LogP contribution < -0.4 is 0 Å². The number of rotatable bonds is 2. The molecule has 0 bridgehead atoms. The smallest absolute Gasteiger partial charge is 0.403 e. The predicted octanol–water partition coefficient (Wildman–Crippen LogP) is 3.01. The van der Waals surface area contributed by atoms with Crippen molar-refractivity contribution < 1.29 is 18.1 Å². The molecule has 5 heteroatoms. The van der Waals surface area contributed by atoms with Crippen LogP contribution in [0.15, 0.2) is 18.6 Å².